The first-order valence-electron chi connectivity index (χ1n) is 5.14. The molecule has 0 aliphatic carbocycles. The molecular formula is C11H21NO2. The van der Waals surface area contributed by atoms with Crippen LogP contribution in [0.25, 0.3) is 0 Å². The molecule has 1 N–H and O–H groups in total. The van der Waals surface area contributed by atoms with Gasteiger partial charge in [-0.15, -0.1) is 0 Å². The Morgan fingerprint density at radius 1 is 1.21 bits per heavy atom. The van der Waals surface area contributed by atoms with E-state index < -0.39 is 11.5 Å². The summed E-state index contributed by atoms with van der Waals surface area (Å²) in [5.74, 6) is -0.106. The van der Waals surface area contributed by atoms with Crippen molar-refractivity contribution in [2.75, 3.05) is 13.1 Å². The molecule has 82 valence electrons. The van der Waals surface area contributed by atoms with Gasteiger partial charge in [0, 0.05) is 13.1 Å². The van der Waals surface area contributed by atoms with E-state index >= 15 is 0 Å². The summed E-state index contributed by atoms with van der Waals surface area (Å²) in [5, 5.41) is 9.02. The van der Waals surface area contributed by atoms with Crippen molar-refractivity contribution in [1.29, 1.82) is 0 Å². The van der Waals surface area contributed by atoms with Crippen molar-refractivity contribution in [2.45, 2.75) is 40.2 Å². The number of rotatable bonds is 2. The first-order chi connectivity index (χ1) is 6.15. The smallest absolute Gasteiger partial charge is 0.323 e. The number of carboxylic acid groups (broad SMARTS) is 1. The summed E-state index contributed by atoms with van der Waals surface area (Å²) in [6, 6.07) is 0. The lowest BCUT2D eigenvalue weighted by Crippen LogP contribution is -2.63. The highest BCUT2D eigenvalue weighted by molar-refractivity contribution is 5.77. The van der Waals surface area contributed by atoms with Gasteiger partial charge in [-0.1, -0.05) is 20.8 Å². The average molecular weight is 199 g/mol. The van der Waals surface area contributed by atoms with Crippen LogP contribution in [0.3, 0.4) is 0 Å². The highest BCUT2D eigenvalue weighted by atomic mass is 16.4. The molecule has 0 atom stereocenters. The van der Waals surface area contributed by atoms with Crippen LogP contribution in [-0.2, 0) is 4.79 Å². The number of hydrogen-bond donors (Lipinski definition) is 1. The van der Waals surface area contributed by atoms with Crippen molar-refractivity contribution in [1.82, 2.24) is 4.90 Å². The van der Waals surface area contributed by atoms with Crippen LogP contribution in [0.4, 0.5) is 0 Å². The van der Waals surface area contributed by atoms with Gasteiger partial charge < -0.3 is 5.11 Å². The van der Waals surface area contributed by atoms with Gasteiger partial charge >= 0.3 is 5.97 Å². The van der Waals surface area contributed by atoms with E-state index in [0.29, 0.717) is 11.3 Å². The quantitative estimate of drug-likeness (QED) is 0.737. The number of aliphatic carboxylic acids is 1. The standard InChI is InChI=1S/C11H21NO2/c1-10(2,3)8-6-12(7-8)11(4,5)9(13)14/h8H,6-7H2,1-5H3,(H,13,14). The van der Waals surface area contributed by atoms with Crippen molar-refractivity contribution in [3.63, 3.8) is 0 Å². The van der Waals surface area contributed by atoms with E-state index in [0.717, 1.165) is 13.1 Å². The van der Waals surface area contributed by atoms with E-state index in [1.165, 1.54) is 0 Å². The van der Waals surface area contributed by atoms with Gasteiger partial charge in [0.15, 0.2) is 0 Å². The maximum absolute atomic E-state index is 11.0. The summed E-state index contributed by atoms with van der Waals surface area (Å²) in [6.45, 7) is 12.0. The van der Waals surface area contributed by atoms with Crippen molar-refractivity contribution in [2.24, 2.45) is 11.3 Å². The van der Waals surface area contributed by atoms with Crippen LogP contribution >= 0.6 is 0 Å². The molecule has 0 spiro atoms. The Bertz CT molecular complexity index is 234. The van der Waals surface area contributed by atoms with Crippen molar-refractivity contribution >= 4 is 5.97 Å². The SMILES string of the molecule is CC(C)(C)C1CN(C(C)(C)C(=O)O)C1. The summed E-state index contributed by atoms with van der Waals surface area (Å²) in [5.41, 5.74) is -0.410. The summed E-state index contributed by atoms with van der Waals surface area (Å²) in [6.07, 6.45) is 0. The number of hydrogen-bond acceptors (Lipinski definition) is 2. The van der Waals surface area contributed by atoms with E-state index in [4.69, 9.17) is 5.11 Å². The first-order valence-corrected chi connectivity index (χ1v) is 5.14. The molecule has 1 aliphatic rings. The summed E-state index contributed by atoms with van der Waals surface area (Å²) < 4.78 is 0. The van der Waals surface area contributed by atoms with Crippen LogP contribution in [0, 0.1) is 11.3 Å². The van der Waals surface area contributed by atoms with Crippen LogP contribution in [0.15, 0.2) is 0 Å². The second-order valence-corrected chi connectivity index (χ2v) is 5.83. The maximum atomic E-state index is 11.0. The Kier molecular flexibility index (Phi) is 2.65. The van der Waals surface area contributed by atoms with Crippen molar-refractivity contribution < 1.29 is 9.90 Å². The second-order valence-electron chi connectivity index (χ2n) is 5.83. The third-order valence-electron chi connectivity index (χ3n) is 3.42. The number of carbonyl (C=O) groups is 1. The monoisotopic (exact) mass is 199 g/mol. The van der Waals surface area contributed by atoms with Gasteiger partial charge in [-0.05, 0) is 25.2 Å². The molecule has 0 saturated carbocycles. The van der Waals surface area contributed by atoms with Crippen LogP contribution in [0.5, 0.6) is 0 Å². The lowest BCUT2D eigenvalue weighted by atomic mass is 9.74. The molecule has 0 aromatic heterocycles. The van der Waals surface area contributed by atoms with Crippen LogP contribution in [0.1, 0.15) is 34.6 Å². The molecule has 0 bridgehead atoms. The molecule has 0 aromatic carbocycles. The molecule has 1 saturated heterocycles. The molecule has 1 heterocycles. The largest absolute Gasteiger partial charge is 0.480 e. The van der Waals surface area contributed by atoms with Gasteiger partial charge in [-0.25, -0.2) is 0 Å². The topological polar surface area (TPSA) is 40.5 Å². The normalized spacial score (nSPS) is 20.6. The maximum Gasteiger partial charge on any atom is 0.323 e. The molecular weight excluding hydrogens is 178 g/mol. The van der Waals surface area contributed by atoms with E-state index in [1.807, 2.05) is 4.90 Å². The lowest BCUT2D eigenvalue weighted by Gasteiger charge is -2.51. The Morgan fingerprint density at radius 3 is 1.93 bits per heavy atom. The van der Waals surface area contributed by atoms with Gasteiger partial charge in [0.2, 0.25) is 0 Å². The summed E-state index contributed by atoms with van der Waals surface area (Å²) in [7, 11) is 0. The van der Waals surface area contributed by atoms with Gasteiger partial charge in [0.1, 0.15) is 5.54 Å². The van der Waals surface area contributed by atoms with E-state index in [9.17, 15) is 4.79 Å². The Hall–Kier alpha value is -0.570. The molecule has 0 amide bonds. The minimum atomic E-state index is -0.732. The van der Waals surface area contributed by atoms with Gasteiger partial charge in [0.05, 0.1) is 0 Å². The Balaban J connectivity index is 2.53. The molecule has 0 radical (unpaired) electrons. The molecule has 1 rings (SSSR count). The lowest BCUT2D eigenvalue weighted by molar-refractivity contribution is -0.156. The van der Waals surface area contributed by atoms with Crippen LogP contribution < -0.4 is 0 Å². The molecule has 3 nitrogen and oxygen atoms in total. The molecule has 14 heavy (non-hydrogen) atoms. The van der Waals surface area contributed by atoms with E-state index in [1.54, 1.807) is 13.8 Å². The minimum Gasteiger partial charge on any atom is -0.480 e. The number of likely N-dealkylation sites (tertiary alicyclic amines) is 1. The van der Waals surface area contributed by atoms with Crippen molar-refractivity contribution in [3.8, 4) is 0 Å². The zero-order valence-electron chi connectivity index (χ0n) is 9.79. The highest BCUT2D eigenvalue weighted by Gasteiger charge is 2.45. The molecule has 3 heteroatoms. The number of carboxylic acids is 1. The minimum absolute atomic E-state index is 0.297. The number of nitrogens with zero attached hydrogens (tertiary/aromatic N) is 1. The summed E-state index contributed by atoms with van der Waals surface area (Å²) >= 11 is 0. The molecule has 0 aromatic rings. The fourth-order valence-electron chi connectivity index (χ4n) is 1.62. The van der Waals surface area contributed by atoms with Crippen LogP contribution in [0.2, 0.25) is 0 Å². The third-order valence-corrected chi connectivity index (χ3v) is 3.42. The van der Waals surface area contributed by atoms with Crippen molar-refractivity contribution in [3.05, 3.63) is 0 Å². The Morgan fingerprint density at radius 2 is 1.64 bits per heavy atom. The molecule has 1 fully saturated rings. The predicted molar refractivity (Wildman–Crippen MR) is 56.2 cm³/mol. The zero-order valence-corrected chi connectivity index (χ0v) is 9.79. The Labute approximate surface area is 86.1 Å². The van der Waals surface area contributed by atoms with Crippen LogP contribution in [-0.4, -0.2) is 34.6 Å². The highest BCUT2D eigenvalue weighted by Crippen LogP contribution is 2.37. The first kappa shape index (κ1) is 11.5. The van der Waals surface area contributed by atoms with Gasteiger partial charge in [-0.2, -0.15) is 0 Å². The zero-order chi connectivity index (χ0) is 11.1. The average Bonchev–Trinajstić information content (AvgIpc) is 1.77. The fourth-order valence-corrected chi connectivity index (χ4v) is 1.62. The fraction of sp³-hybridized carbons (Fsp3) is 0.909. The molecule has 0 unspecified atom stereocenters. The summed E-state index contributed by atoms with van der Waals surface area (Å²) in [4.78, 5) is 13.0. The predicted octanol–water partition coefficient (Wildman–Crippen LogP) is 1.83. The molecule has 1 aliphatic heterocycles. The second kappa shape index (κ2) is 3.23. The van der Waals surface area contributed by atoms with Gasteiger partial charge in [-0.3, -0.25) is 9.69 Å². The van der Waals surface area contributed by atoms with Gasteiger partial charge in [0.25, 0.3) is 0 Å². The van der Waals surface area contributed by atoms with E-state index in [-0.39, 0.29) is 0 Å². The van der Waals surface area contributed by atoms with E-state index in [2.05, 4.69) is 20.8 Å². The third kappa shape index (κ3) is 1.92.